The summed E-state index contributed by atoms with van der Waals surface area (Å²) in [7, 11) is 0. The predicted molar refractivity (Wildman–Crippen MR) is 45.6 cm³/mol. The van der Waals surface area contributed by atoms with E-state index in [0.29, 0.717) is 0 Å². The SMILES string of the molecule is C[C@H](N)C(=O)n1ccc(=O)[nH]c1=O. The lowest BCUT2D eigenvalue weighted by molar-refractivity contribution is 0.0880. The van der Waals surface area contributed by atoms with Gasteiger partial charge < -0.3 is 5.73 Å². The van der Waals surface area contributed by atoms with Gasteiger partial charge in [0.05, 0.1) is 6.04 Å². The van der Waals surface area contributed by atoms with Crippen LogP contribution in [0.25, 0.3) is 0 Å². The highest BCUT2D eigenvalue weighted by molar-refractivity contribution is 5.83. The van der Waals surface area contributed by atoms with E-state index in [2.05, 4.69) is 0 Å². The first kappa shape index (κ1) is 9.40. The Kier molecular flexibility index (Phi) is 2.43. The highest BCUT2D eigenvalue weighted by Crippen LogP contribution is 1.82. The van der Waals surface area contributed by atoms with E-state index in [4.69, 9.17) is 5.73 Å². The van der Waals surface area contributed by atoms with Crippen molar-refractivity contribution in [1.29, 1.82) is 0 Å². The molecule has 3 N–H and O–H groups in total. The van der Waals surface area contributed by atoms with Crippen LogP contribution in [-0.4, -0.2) is 21.5 Å². The zero-order valence-corrected chi connectivity index (χ0v) is 6.98. The maximum atomic E-state index is 11.2. The molecular formula is C7H9N3O3. The van der Waals surface area contributed by atoms with Crippen LogP contribution < -0.4 is 17.0 Å². The highest BCUT2D eigenvalue weighted by Gasteiger charge is 2.11. The third-order valence-corrected chi connectivity index (χ3v) is 1.45. The Labute approximate surface area is 73.0 Å². The number of hydrogen-bond acceptors (Lipinski definition) is 4. The lowest BCUT2D eigenvalue weighted by Gasteiger charge is -2.04. The molecule has 0 unspecified atom stereocenters. The first-order chi connectivity index (χ1) is 6.02. The summed E-state index contributed by atoms with van der Waals surface area (Å²) in [5, 5.41) is 0. The van der Waals surface area contributed by atoms with Gasteiger partial charge in [0.1, 0.15) is 0 Å². The van der Waals surface area contributed by atoms with Crippen molar-refractivity contribution >= 4 is 5.91 Å². The second kappa shape index (κ2) is 3.36. The standard InChI is InChI=1S/C7H9N3O3/c1-4(8)6(12)10-3-2-5(11)9-7(10)13/h2-4H,8H2,1H3,(H,9,11,13)/t4-/m0/s1. The van der Waals surface area contributed by atoms with Crippen molar-refractivity contribution in [2.45, 2.75) is 13.0 Å². The van der Waals surface area contributed by atoms with Crippen molar-refractivity contribution in [2.75, 3.05) is 0 Å². The van der Waals surface area contributed by atoms with Crippen molar-refractivity contribution in [3.8, 4) is 0 Å². The molecule has 1 heterocycles. The summed E-state index contributed by atoms with van der Waals surface area (Å²) in [6.07, 6.45) is 1.10. The molecule has 0 amide bonds. The quantitative estimate of drug-likeness (QED) is 0.555. The fourth-order valence-electron chi connectivity index (χ4n) is 0.810. The number of carbonyl (C=O) groups is 1. The van der Waals surface area contributed by atoms with E-state index in [-0.39, 0.29) is 0 Å². The zero-order chi connectivity index (χ0) is 10.0. The number of nitrogens with one attached hydrogen (secondary N) is 1. The second-order valence-corrected chi connectivity index (χ2v) is 2.61. The third kappa shape index (κ3) is 1.91. The van der Waals surface area contributed by atoms with Gasteiger partial charge in [0.2, 0.25) is 0 Å². The van der Waals surface area contributed by atoms with Gasteiger partial charge in [-0.2, -0.15) is 0 Å². The lowest BCUT2D eigenvalue weighted by atomic mass is 10.3. The number of H-pyrrole nitrogens is 1. The lowest BCUT2D eigenvalue weighted by Crippen LogP contribution is -2.40. The van der Waals surface area contributed by atoms with Crippen LogP contribution in [0, 0.1) is 0 Å². The number of hydrogen-bond donors (Lipinski definition) is 2. The van der Waals surface area contributed by atoms with E-state index in [1.807, 2.05) is 4.98 Å². The molecule has 0 aliphatic rings. The molecule has 0 spiro atoms. The Morgan fingerprint density at radius 1 is 1.62 bits per heavy atom. The summed E-state index contributed by atoms with van der Waals surface area (Å²) in [6.45, 7) is 1.46. The Bertz CT molecular complexity index is 429. The summed E-state index contributed by atoms with van der Waals surface area (Å²) < 4.78 is 0.770. The van der Waals surface area contributed by atoms with Crippen LogP contribution in [-0.2, 0) is 0 Å². The van der Waals surface area contributed by atoms with E-state index in [1.54, 1.807) is 0 Å². The van der Waals surface area contributed by atoms with Gasteiger partial charge >= 0.3 is 5.69 Å². The molecule has 0 saturated heterocycles. The normalized spacial score (nSPS) is 12.5. The summed E-state index contributed by atoms with van der Waals surface area (Å²) >= 11 is 0. The summed E-state index contributed by atoms with van der Waals surface area (Å²) in [5.41, 5.74) is 3.96. The fraction of sp³-hybridized carbons (Fsp3) is 0.286. The minimum Gasteiger partial charge on any atom is -0.320 e. The molecule has 6 nitrogen and oxygen atoms in total. The van der Waals surface area contributed by atoms with Crippen LogP contribution in [0.15, 0.2) is 21.9 Å². The van der Waals surface area contributed by atoms with E-state index in [0.717, 1.165) is 16.8 Å². The van der Waals surface area contributed by atoms with Crippen molar-refractivity contribution in [3.05, 3.63) is 33.1 Å². The third-order valence-electron chi connectivity index (χ3n) is 1.45. The van der Waals surface area contributed by atoms with Gasteiger partial charge in [-0.15, -0.1) is 0 Å². The zero-order valence-electron chi connectivity index (χ0n) is 6.98. The fourth-order valence-corrected chi connectivity index (χ4v) is 0.810. The molecule has 1 aromatic heterocycles. The van der Waals surface area contributed by atoms with Crippen molar-refractivity contribution in [1.82, 2.24) is 9.55 Å². The van der Waals surface area contributed by atoms with Crippen LogP contribution in [0.2, 0.25) is 0 Å². The molecule has 1 atom stereocenters. The van der Waals surface area contributed by atoms with E-state index >= 15 is 0 Å². The molecule has 0 aliphatic carbocycles. The largest absolute Gasteiger partial charge is 0.335 e. The van der Waals surface area contributed by atoms with Gasteiger partial charge in [0.25, 0.3) is 11.5 Å². The molecule has 0 bridgehead atoms. The number of aromatic amines is 1. The monoisotopic (exact) mass is 183 g/mol. The summed E-state index contributed by atoms with van der Waals surface area (Å²) in [4.78, 5) is 34.8. The Balaban J connectivity index is 3.25. The van der Waals surface area contributed by atoms with E-state index in [9.17, 15) is 14.4 Å². The van der Waals surface area contributed by atoms with Crippen molar-refractivity contribution in [3.63, 3.8) is 0 Å². The van der Waals surface area contributed by atoms with Crippen LogP contribution in [0.3, 0.4) is 0 Å². The Morgan fingerprint density at radius 2 is 2.23 bits per heavy atom. The van der Waals surface area contributed by atoms with Crippen molar-refractivity contribution < 1.29 is 4.79 Å². The summed E-state index contributed by atoms with van der Waals surface area (Å²) in [5.74, 6) is -0.554. The van der Waals surface area contributed by atoms with Gasteiger partial charge in [-0.1, -0.05) is 0 Å². The Hall–Kier alpha value is -1.69. The Morgan fingerprint density at radius 3 is 2.69 bits per heavy atom. The molecule has 0 saturated carbocycles. The first-order valence-corrected chi connectivity index (χ1v) is 3.64. The van der Waals surface area contributed by atoms with Gasteiger partial charge in [-0.3, -0.25) is 14.6 Å². The molecule has 13 heavy (non-hydrogen) atoms. The molecule has 0 radical (unpaired) electrons. The van der Waals surface area contributed by atoms with Gasteiger partial charge in [0, 0.05) is 12.3 Å². The molecule has 1 rings (SSSR count). The van der Waals surface area contributed by atoms with Gasteiger partial charge in [-0.05, 0) is 6.92 Å². The average Bonchev–Trinajstić information content (AvgIpc) is 2.03. The topological polar surface area (TPSA) is 97.9 Å². The van der Waals surface area contributed by atoms with Crippen LogP contribution in [0.5, 0.6) is 0 Å². The number of rotatable bonds is 1. The second-order valence-electron chi connectivity index (χ2n) is 2.61. The molecule has 6 heteroatoms. The number of nitrogens with zero attached hydrogens (tertiary/aromatic N) is 1. The van der Waals surface area contributed by atoms with E-state index in [1.165, 1.54) is 6.92 Å². The maximum absolute atomic E-state index is 11.2. The molecule has 0 aromatic carbocycles. The number of aromatic nitrogens is 2. The number of carbonyl (C=O) groups excluding carboxylic acids is 1. The minimum absolute atomic E-state index is 0.543. The highest BCUT2D eigenvalue weighted by atomic mass is 16.2. The van der Waals surface area contributed by atoms with Crippen LogP contribution in [0.4, 0.5) is 0 Å². The van der Waals surface area contributed by atoms with E-state index < -0.39 is 23.2 Å². The van der Waals surface area contributed by atoms with Gasteiger partial charge in [-0.25, -0.2) is 9.36 Å². The first-order valence-electron chi connectivity index (χ1n) is 3.64. The number of nitrogens with two attached hydrogens (primary N) is 1. The average molecular weight is 183 g/mol. The molecule has 0 aliphatic heterocycles. The molecule has 1 aromatic rings. The minimum atomic E-state index is -0.774. The maximum Gasteiger partial charge on any atom is 0.335 e. The van der Waals surface area contributed by atoms with Crippen LogP contribution in [0.1, 0.15) is 11.7 Å². The van der Waals surface area contributed by atoms with Crippen molar-refractivity contribution in [2.24, 2.45) is 5.73 Å². The van der Waals surface area contributed by atoms with Gasteiger partial charge in [0.15, 0.2) is 0 Å². The molecule has 70 valence electrons. The predicted octanol–water partition coefficient (Wildman–Crippen LogP) is -1.48. The molecular weight excluding hydrogens is 174 g/mol. The summed E-state index contributed by atoms with van der Waals surface area (Å²) in [6, 6.07) is 0.311. The van der Waals surface area contributed by atoms with Crippen LogP contribution >= 0.6 is 0 Å². The molecule has 0 fully saturated rings. The smallest absolute Gasteiger partial charge is 0.320 e.